The molecule has 0 bridgehead atoms. The molecule has 0 spiro atoms. The highest BCUT2D eigenvalue weighted by Gasteiger charge is 2.05. The molecule has 132 valence electrons. The molecule has 7 heteroatoms. The SMILES string of the molecule is N#CCOc1ccc(/C=C/C(=O)OCC(=O)Nc2ccc(O)cc2)cc1. The number of rotatable bonds is 7. The zero-order valence-electron chi connectivity index (χ0n) is 13.7. The number of nitrogens with one attached hydrogen (secondary N) is 1. The van der Waals surface area contributed by atoms with Crippen molar-refractivity contribution < 1.29 is 24.2 Å². The van der Waals surface area contributed by atoms with Gasteiger partial charge < -0.3 is 19.9 Å². The van der Waals surface area contributed by atoms with Crippen LogP contribution in [0.15, 0.2) is 54.6 Å². The largest absolute Gasteiger partial charge is 0.508 e. The van der Waals surface area contributed by atoms with E-state index in [1.807, 2.05) is 6.07 Å². The van der Waals surface area contributed by atoms with E-state index in [0.717, 1.165) is 5.56 Å². The zero-order chi connectivity index (χ0) is 18.8. The molecule has 2 N–H and O–H groups in total. The van der Waals surface area contributed by atoms with E-state index in [1.165, 1.54) is 36.4 Å². The van der Waals surface area contributed by atoms with Crippen LogP contribution in [0.3, 0.4) is 0 Å². The van der Waals surface area contributed by atoms with Gasteiger partial charge in [-0.3, -0.25) is 4.79 Å². The minimum Gasteiger partial charge on any atom is -0.508 e. The van der Waals surface area contributed by atoms with Gasteiger partial charge in [-0.1, -0.05) is 12.1 Å². The summed E-state index contributed by atoms with van der Waals surface area (Å²) in [6.07, 6.45) is 2.74. The summed E-state index contributed by atoms with van der Waals surface area (Å²) >= 11 is 0. The maximum Gasteiger partial charge on any atom is 0.331 e. The van der Waals surface area contributed by atoms with E-state index < -0.39 is 18.5 Å². The molecule has 0 aliphatic rings. The third kappa shape index (κ3) is 6.37. The molecular formula is C19H16N2O5. The lowest BCUT2D eigenvalue weighted by Gasteiger charge is -2.05. The van der Waals surface area contributed by atoms with Crippen LogP contribution in [-0.4, -0.2) is 30.2 Å². The van der Waals surface area contributed by atoms with E-state index in [-0.39, 0.29) is 12.4 Å². The van der Waals surface area contributed by atoms with Gasteiger partial charge >= 0.3 is 5.97 Å². The van der Waals surface area contributed by atoms with Crippen molar-refractivity contribution in [1.82, 2.24) is 0 Å². The van der Waals surface area contributed by atoms with Crippen molar-refractivity contribution in [3.05, 3.63) is 60.2 Å². The second kappa shape index (κ2) is 9.49. The van der Waals surface area contributed by atoms with Gasteiger partial charge in [0.2, 0.25) is 0 Å². The number of aromatic hydroxyl groups is 1. The molecule has 0 radical (unpaired) electrons. The van der Waals surface area contributed by atoms with Crippen LogP contribution in [0.5, 0.6) is 11.5 Å². The van der Waals surface area contributed by atoms with Crippen LogP contribution < -0.4 is 10.1 Å². The van der Waals surface area contributed by atoms with E-state index in [0.29, 0.717) is 11.4 Å². The van der Waals surface area contributed by atoms with Crippen molar-refractivity contribution in [2.45, 2.75) is 0 Å². The van der Waals surface area contributed by atoms with E-state index in [4.69, 9.17) is 19.8 Å². The highest BCUT2D eigenvalue weighted by Crippen LogP contribution is 2.14. The number of benzene rings is 2. The maximum atomic E-state index is 11.7. The highest BCUT2D eigenvalue weighted by atomic mass is 16.5. The second-order valence-electron chi connectivity index (χ2n) is 5.05. The lowest BCUT2D eigenvalue weighted by atomic mass is 10.2. The Morgan fingerprint density at radius 3 is 2.46 bits per heavy atom. The van der Waals surface area contributed by atoms with E-state index >= 15 is 0 Å². The third-order valence-electron chi connectivity index (χ3n) is 3.09. The minimum absolute atomic E-state index is 0.0340. The molecule has 0 saturated carbocycles. The second-order valence-corrected chi connectivity index (χ2v) is 5.05. The van der Waals surface area contributed by atoms with Gasteiger partial charge in [-0.25, -0.2) is 4.79 Å². The molecular weight excluding hydrogens is 336 g/mol. The Hall–Kier alpha value is -3.79. The van der Waals surface area contributed by atoms with Gasteiger partial charge in [0.15, 0.2) is 13.2 Å². The number of nitriles is 1. The summed E-state index contributed by atoms with van der Waals surface area (Å²) in [6.45, 7) is -0.460. The van der Waals surface area contributed by atoms with Gasteiger partial charge in [0.1, 0.15) is 17.6 Å². The Balaban J connectivity index is 1.77. The number of amides is 1. The number of carbonyl (C=O) groups excluding carboxylic acids is 2. The van der Waals surface area contributed by atoms with Gasteiger partial charge in [0.25, 0.3) is 5.91 Å². The van der Waals surface area contributed by atoms with Crippen molar-refractivity contribution in [3.8, 4) is 17.6 Å². The number of nitrogens with zero attached hydrogens (tertiary/aromatic N) is 1. The molecule has 0 saturated heterocycles. The highest BCUT2D eigenvalue weighted by molar-refractivity contribution is 5.94. The van der Waals surface area contributed by atoms with Crippen LogP contribution in [0, 0.1) is 11.3 Å². The van der Waals surface area contributed by atoms with Crippen molar-refractivity contribution >= 4 is 23.6 Å². The molecule has 2 rings (SSSR count). The first-order valence-corrected chi connectivity index (χ1v) is 7.60. The first kappa shape index (κ1) is 18.5. The molecule has 2 aromatic carbocycles. The van der Waals surface area contributed by atoms with Gasteiger partial charge in [-0.15, -0.1) is 0 Å². The molecule has 0 fully saturated rings. The Bertz CT molecular complexity index is 821. The summed E-state index contributed by atoms with van der Waals surface area (Å²) in [5.41, 5.74) is 1.22. The first-order chi connectivity index (χ1) is 12.6. The standard InChI is InChI=1S/C19H16N2O5/c20-11-12-25-17-8-1-14(2-9-17)3-10-19(24)26-13-18(23)21-15-4-6-16(22)7-5-15/h1-10,22H,12-13H2,(H,21,23)/b10-3+. The number of ether oxygens (including phenoxy) is 2. The smallest absolute Gasteiger partial charge is 0.331 e. The van der Waals surface area contributed by atoms with Crippen LogP contribution in [-0.2, 0) is 14.3 Å². The molecule has 0 aliphatic carbocycles. The Kier molecular flexibility index (Phi) is 6.77. The summed E-state index contributed by atoms with van der Waals surface area (Å²) in [5.74, 6) is -0.506. The molecule has 0 aromatic heterocycles. The Morgan fingerprint density at radius 1 is 1.12 bits per heavy atom. The van der Waals surface area contributed by atoms with Crippen LogP contribution in [0.2, 0.25) is 0 Å². The quantitative estimate of drug-likeness (QED) is 0.450. The van der Waals surface area contributed by atoms with Gasteiger partial charge in [0.05, 0.1) is 0 Å². The molecule has 1 amide bonds. The average molecular weight is 352 g/mol. The molecule has 0 aliphatic heterocycles. The fraction of sp³-hybridized carbons (Fsp3) is 0.105. The first-order valence-electron chi connectivity index (χ1n) is 7.60. The van der Waals surface area contributed by atoms with Crippen molar-refractivity contribution in [3.63, 3.8) is 0 Å². The molecule has 2 aromatic rings. The molecule has 0 atom stereocenters. The number of carbonyl (C=O) groups is 2. The van der Waals surface area contributed by atoms with Crippen LogP contribution in [0.25, 0.3) is 6.08 Å². The number of hydrogen-bond acceptors (Lipinski definition) is 6. The summed E-state index contributed by atoms with van der Waals surface area (Å²) in [7, 11) is 0. The lowest BCUT2D eigenvalue weighted by molar-refractivity contribution is -0.142. The summed E-state index contributed by atoms with van der Waals surface area (Å²) in [6, 6.07) is 14.6. The fourth-order valence-corrected chi connectivity index (χ4v) is 1.88. The van der Waals surface area contributed by atoms with Gasteiger partial charge in [0, 0.05) is 11.8 Å². The number of esters is 1. The lowest BCUT2D eigenvalue weighted by Crippen LogP contribution is -2.20. The molecule has 0 unspecified atom stereocenters. The van der Waals surface area contributed by atoms with E-state index in [2.05, 4.69) is 5.32 Å². The normalized spacial score (nSPS) is 10.1. The van der Waals surface area contributed by atoms with Crippen LogP contribution in [0.4, 0.5) is 5.69 Å². The predicted octanol–water partition coefficient (Wildman–Crippen LogP) is 2.49. The summed E-state index contributed by atoms with van der Waals surface area (Å²) in [4.78, 5) is 23.3. The number of phenols is 1. The fourth-order valence-electron chi connectivity index (χ4n) is 1.88. The average Bonchev–Trinajstić information content (AvgIpc) is 2.65. The third-order valence-corrected chi connectivity index (χ3v) is 3.09. The molecule has 7 nitrogen and oxygen atoms in total. The topological polar surface area (TPSA) is 109 Å². The van der Waals surface area contributed by atoms with Crippen molar-refractivity contribution in [2.24, 2.45) is 0 Å². The number of phenolic OH excluding ortho intramolecular Hbond substituents is 1. The van der Waals surface area contributed by atoms with Crippen molar-refractivity contribution in [1.29, 1.82) is 5.26 Å². The predicted molar refractivity (Wildman–Crippen MR) is 94.3 cm³/mol. The van der Waals surface area contributed by atoms with E-state index in [9.17, 15) is 9.59 Å². The Labute approximate surface area is 150 Å². The monoisotopic (exact) mass is 352 g/mol. The minimum atomic E-state index is -0.657. The Morgan fingerprint density at radius 2 is 1.81 bits per heavy atom. The maximum absolute atomic E-state index is 11.7. The van der Waals surface area contributed by atoms with Gasteiger partial charge in [-0.2, -0.15) is 5.26 Å². The van der Waals surface area contributed by atoms with Crippen LogP contribution >= 0.6 is 0 Å². The molecule has 0 heterocycles. The summed E-state index contributed by atoms with van der Waals surface area (Å²) in [5, 5.41) is 20.1. The number of anilines is 1. The molecule has 26 heavy (non-hydrogen) atoms. The zero-order valence-corrected chi connectivity index (χ0v) is 13.7. The van der Waals surface area contributed by atoms with Gasteiger partial charge in [-0.05, 0) is 48.0 Å². The van der Waals surface area contributed by atoms with Crippen molar-refractivity contribution in [2.75, 3.05) is 18.5 Å². The summed E-state index contributed by atoms with van der Waals surface area (Å²) < 4.78 is 9.97. The van der Waals surface area contributed by atoms with E-state index in [1.54, 1.807) is 24.3 Å². The number of hydrogen-bond donors (Lipinski definition) is 2. The van der Waals surface area contributed by atoms with Crippen LogP contribution in [0.1, 0.15) is 5.56 Å².